The van der Waals surface area contributed by atoms with Crippen LogP contribution in [0.3, 0.4) is 0 Å². The Labute approximate surface area is 129 Å². The molecule has 0 aliphatic carbocycles. The summed E-state index contributed by atoms with van der Waals surface area (Å²) in [6.07, 6.45) is 1.50. The molecule has 0 radical (unpaired) electrons. The van der Waals surface area contributed by atoms with Gasteiger partial charge in [0.15, 0.2) is 0 Å². The molecule has 1 heterocycles. The van der Waals surface area contributed by atoms with Crippen molar-refractivity contribution in [1.82, 2.24) is 4.98 Å². The van der Waals surface area contributed by atoms with E-state index >= 15 is 0 Å². The first-order valence-electron chi connectivity index (χ1n) is 6.19. The number of hydrogen-bond acceptors (Lipinski definition) is 3. The van der Waals surface area contributed by atoms with Gasteiger partial charge in [-0.15, -0.1) is 0 Å². The van der Waals surface area contributed by atoms with E-state index in [2.05, 4.69) is 20.9 Å². The maximum atomic E-state index is 11.1. The number of carboxylic acid groups (broad SMARTS) is 1. The summed E-state index contributed by atoms with van der Waals surface area (Å²) in [5.74, 6) is -0.435. The fourth-order valence-electron chi connectivity index (χ4n) is 2.00. The third-order valence-corrected chi connectivity index (χ3v) is 3.48. The van der Waals surface area contributed by atoms with Gasteiger partial charge in [0.05, 0.1) is 0 Å². The third kappa shape index (κ3) is 2.87. The second kappa shape index (κ2) is 5.54. The van der Waals surface area contributed by atoms with Gasteiger partial charge < -0.3 is 9.84 Å². The maximum Gasteiger partial charge on any atom is 0.341 e. The van der Waals surface area contributed by atoms with Crippen LogP contribution in [0, 0.1) is 0 Å². The zero-order chi connectivity index (χ0) is 14.8. The molecule has 0 spiro atoms. The van der Waals surface area contributed by atoms with Gasteiger partial charge in [-0.1, -0.05) is 28.1 Å². The molecule has 104 valence electrons. The van der Waals surface area contributed by atoms with Crippen LogP contribution in [0.2, 0.25) is 0 Å². The molecule has 0 bridgehead atoms. The van der Waals surface area contributed by atoms with Crippen LogP contribution >= 0.6 is 15.9 Å². The summed E-state index contributed by atoms with van der Waals surface area (Å²) >= 11 is 3.42. The number of aromatic carboxylic acids is 1. The Morgan fingerprint density at radius 3 is 2.67 bits per heavy atom. The molecule has 0 unspecified atom stereocenters. The summed E-state index contributed by atoms with van der Waals surface area (Å²) in [4.78, 5) is 15.1. The van der Waals surface area contributed by atoms with Crippen LogP contribution in [0.25, 0.3) is 10.8 Å². The van der Waals surface area contributed by atoms with Gasteiger partial charge in [0.2, 0.25) is 5.88 Å². The Kier molecular flexibility index (Phi) is 3.58. The standard InChI is InChI=1S/C16H10BrNO3/c17-12-5-3-11-9-13(6-4-10(11)8-12)21-15-14(16(19)20)2-1-7-18-15/h1-9H,(H,19,20). The number of pyridine rings is 1. The molecule has 0 aliphatic rings. The van der Waals surface area contributed by atoms with E-state index in [0.29, 0.717) is 5.75 Å². The predicted octanol–water partition coefficient (Wildman–Crippen LogP) is 4.49. The molecule has 2 aromatic carbocycles. The molecule has 3 aromatic rings. The SMILES string of the molecule is O=C(O)c1cccnc1Oc1ccc2cc(Br)ccc2c1. The van der Waals surface area contributed by atoms with Crippen molar-refractivity contribution >= 4 is 32.7 Å². The van der Waals surface area contributed by atoms with Crippen LogP contribution in [0.1, 0.15) is 10.4 Å². The number of nitrogens with zero attached hydrogens (tertiary/aromatic N) is 1. The van der Waals surface area contributed by atoms with Gasteiger partial charge in [0.1, 0.15) is 11.3 Å². The average Bonchev–Trinajstić information content (AvgIpc) is 2.48. The number of carbonyl (C=O) groups is 1. The van der Waals surface area contributed by atoms with Crippen molar-refractivity contribution in [3.05, 3.63) is 64.8 Å². The first kappa shape index (κ1) is 13.6. The van der Waals surface area contributed by atoms with Gasteiger partial charge in [-0.2, -0.15) is 0 Å². The summed E-state index contributed by atoms with van der Waals surface area (Å²) in [5, 5.41) is 11.2. The predicted molar refractivity (Wildman–Crippen MR) is 82.9 cm³/mol. The van der Waals surface area contributed by atoms with Crippen molar-refractivity contribution < 1.29 is 14.6 Å². The molecule has 0 saturated heterocycles. The molecule has 4 nitrogen and oxygen atoms in total. The van der Waals surface area contributed by atoms with E-state index in [-0.39, 0.29) is 11.4 Å². The third-order valence-electron chi connectivity index (χ3n) is 2.99. The van der Waals surface area contributed by atoms with E-state index in [0.717, 1.165) is 15.2 Å². The molecule has 0 aliphatic heterocycles. The Hall–Kier alpha value is -2.40. The number of benzene rings is 2. The minimum atomic E-state index is -1.07. The van der Waals surface area contributed by atoms with E-state index < -0.39 is 5.97 Å². The van der Waals surface area contributed by atoms with Crippen LogP contribution in [0.4, 0.5) is 0 Å². The first-order chi connectivity index (χ1) is 10.1. The second-order valence-electron chi connectivity index (χ2n) is 4.42. The molecule has 21 heavy (non-hydrogen) atoms. The van der Waals surface area contributed by atoms with E-state index in [4.69, 9.17) is 9.84 Å². The zero-order valence-corrected chi connectivity index (χ0v) is 12.4. The van der Waals surface area contributed by atoms with Crippen molar-refractivity contribution in [2.24, 2.45) is 0 Å². The van der Waals surface area contributed by atoms with E-state index in [1.165, 1.54) is 12.3 Å². The van der Waals surface area contributed by atoms with Crippen LogP contribution in [-0.2, 0) is 0 Å². The Balaban J connectivity index is 1.99. The lowest BCUT2D eigenvalue weighted by molar-refractivity contribution is 0.0693. The number of hydrogen-bond donors (Lipinski definition) is 1. The smallest absolute Gasteiger partial charge is 0.341 e. The number of ether oxygens (including phenoxy) is 1. The van der Waals surface area contributed by atoms with Gasteiger partial charge in [-0.25, -0.2) is 9.78 Å². The molecular weight excluding hydrogens is 334 g/mol. The molecular formula is C16H10BrNO3. The quantitative estimate of drug-likeness (QED) is 0.761. The van der Waals surface area contributed by atoms with Gasteiger partial charge >= 0.3 is 5.97 Å². The minimum Gasteiger partial charge on any atom is -0.477 e. The Morgan fingerprint density at radius 2 is 1.86 bits per heavy atom. The number of fused-ring (bicyclic) bond motifs is 1. The van der Waals surface area contributed by atoms with Gasteiger partial charge in [0, 0.05) is 10.7 Å². The molecule has 0 amide bonds. The fraction of sp³-hybridized carbons (Fsp3) is 0. The van der Waals surface area contributed by atoms with Crippen molar-refractivity contribution in [2.75, 3.05) is 0 Å². The molecule has 5 heteroatoms. The summed E-state index contributed by atoms with van der Waals surface area (Å²) in [7, 11) is 0. The summed E-state index contributed by atoms with van der Waals surface area (Å²) < 4.78 is 6.61. The average molecular weight is 344 g/mol. The van der Waals surface area contributed by atoms with Gasteiger partial charge in [-0.3, -0.25) is 0 Å². The number of rotatable bonds is 3. The highest BCUT2D eigenvalue weighted by Crippen LogP contribution is 2.28. The van der Waals surface area contributed by atoms with Gasteiger partial charge in [0.25, 0.3) is 0 Å². The number of carboxylic acids is 1. The van der Waals surface area contributed by atoms with E-state index in [1.54, 1.807) is 12.1 Å². The maximum absolute atomic E-state index is 11.1. The number of halogens is 1. The van der Waals surface area contributed by atoms with Crippen LogP contribution < -0.4 is 4.74 Å². The molecule has 0 saturated carbocycles. The van der Waals surface area contributed by atoms with Gasteiger partial charge in [-0.05, 0) is 47.2 Å². The molecule has 1 aromatic heterocycles. The van der Waals surface area contributed by atoms with Crippen LogP contribution in [-0.4, -0.2) is 16.1 Å². The molecule has 3 rings (SSSR count). The number of aromatic nitrogens is 1. The van der Waals surface area contributed by atoms with E-state index in [1.807, 2.05) is 30.3 Å². The van der Waals surface area contributed by atoms with Crippen LogP contribution in [0.15, 0.2) is 59.2 Å². The molecule has 0 atom stereocenters. The second-order valence-corrected chi connectivity index (χ2v) is 5.33. The lowest BCUT2D eigenvalue weighted by atomic mass is 10.1. The molecule has 0 fully saturated rings. The molecule has 1 N–H and O–H groups in total. The Bertz CT molecular complexity index is 833. The monoisotopic (exact) mass is 343 g/mol. The summed E-state index contributed by atoms with van der Waals surface area (Å²) in [5.41, 5.74) is 0.0356. The normalized spacial score (nSPS) is 10.5. The lowest BCUT2D eigenvalue weighted by Gasteiger charge is -2.08. The minimum absolute atomic E-state index is 0.0356. The Morgan fingerprint density at radius 1 is 1.10 bits per heavy atom. The first-order valence-corrected chi connectivity index (χ1v) is 6.98. The van der Waals surface area contributed by atoms with Crippen molar-refractivity contribution in [3.63, 3.8) is 0 Å². The van der Waals surface area contributed by atoms with Crippen LogP contribution in [0.5, 0.6) is 11.6 Å². The van der Waals surface area contributed by atoms with Crippen molar-refractivity contribution in [3.8, 4) is 11.6 Å². The van der Waals surface area contributed by atoms with Crippen molar-refractivity contribution in [1.29, 1.82) is 0 Å². The fourth-order valence-corrected chi connectivity index (χ4v) is 2.38. The highest BCUT2D eigenvalue weighted by Gasteiger charge is 2.12. The van der Waals surface area contributed by atoms with Crippen molar-refractivity contribution in [2.45, 2.75) is 0 Å². The highest BCUT2D eigenvalue weighted by molar-refractivity contribution is 9.10. The van der Waals surface area contributed by atoms with E-state index in [9.17, 15) is 4.79 Å². The topological polar surface area (TPSA) is 59.4 Å². The largest absolute Gasteiger partial charge is 0.477 e. The summed E-state index contributed by atoms with van der Waals surface area (Å²) in [6, 6.07) is 14.5. The summed E-state index contributed by atoms with van der Waals surface area (Å²) in [6.45, 7) is 0. The zero-order valence-electron chi connectivity index (χ0n) is 10.8. The highest BCUT2D eigenvalue weighted by atomic mass is 79.9. The lowest BCUT2D eigenvalue weighted by Crippen LogP contribution is -2.01.